The van der Waals surface area contributed by atoms with Crippen LogP contribution in [0.5, 0.6) is 0 Å². The number of hydrogen-bond acceptors (Lipinski definition) is 4. The molecule has 6 nitrogen and oxygen atoms in total. The van der Waals surface area contributed by atoms with E-state index in [-0.39, 0.29) is 34.4 Å². The van der Waals surface area contributed by atoms with Gasteiger partial charge in [0.15, 0.2) is 0 Å². The van der Waals surface area contributed by atoms with Gasteiger partial charge in [0.1, 0.15) is 11.2 Å². The van der Waals surface area contributed by atoms with Crippen LogP contribution in [0.4, 0.5) is 10.1 Å². The van der Waals surface area contributed by atoms with Crippen molar-refractivity contribution in [1.29, 1.82) is 0 Å². The molecule has 2 aromatic carbocycles. The number of fused-ring (bicyclic) bond motifs is 2. The second kappa shape index (κ2) is 10.1. The molecule has 0 aromatic heterocycles. The van der Waals surface area contributed by atoms with Crippen LogP contribution >= 0.6 is 23.2 Å². The highest BCUT2D eigenvalue weighted by Crippen LogP contribution is 2.57. The molecular weight excluding hydrogens is 528 g/mol. The number of aliphatic hydroxyl groups excluding tert-OH is 1. The van der Waals surface area contributed by atoms with Gasteiger partial charge in [-0.05, 0) is 72.9 Å². The minimum absolute atomic E-state index is 0.0636. The van der Waals surface area contributed by atoms with Crippen molar-refractivity contribution in [3.63, 3.8) is 0 Å². The van der Waals surface area contributed by atoms with E-state index in [1.807, 2.05) is 6.07 Å². The van der Waals surface area contributed by atoms with E-state index >= 15 is 0 Å². The Balaban J connectivity index is 1.66. The molecular formula is C29H34Cl2FN3O3. The quantitative estimate of drug-likeness (QED) is 0.407. The third kappa shape index (κ3) is 4.83. The molecule has 1 spiro atoms. The van der Waals surface area contributed by atoms with Gasteiger partial charge >= 0.3 is 0 Å². The number of aliphatic hydroxyl groups is 1. The zero-order valence-corrected chi connectivity index (χ0v) is 23.3. The number of carbonyl (C=O) groups excluding carboxylic acids is 2. The molecule has 2 fully saturated rings. The molecule has 204 valence electrons. The predicted molar refractivity (Wildman–Crippen MR) is 147 cm³/mol. The zero-order chi connectivity index (χ0) is 27.4. The molecule has 0 bridgehead atoms. The summed E-state index contributed by atoms with van der Waals surface area (Å²) in [7, 11) is 0. The maximum Gasteiger partial charge on any atom is 0.238 e. The second-order valence-electron chi connectivity index (χ2n) is 12.1. The topological polar surface area (TPSA) is 90.5 Å². The predicted octanol–water partition coefficient (Wildman–Crippen LogP) is 5.30. The number of anilines is 1. The van der Waals surface area contributed by atoms with Crippen molar-refractivity contribution >= 4 is 40.7 Å². The van der Waals surface area contributed by atoms with Gasteiger partial charge < -0.3 is 21.1 Å². The van der Waals surface area contributed by atoms with E-state index in [0.717, 1.165) is 5.56 Å². The van der Waals surface area contributed by atoms with Gasteiger partial charge in [-0.1, -0.05) is 56.1 Å². The lowest BCUT2D eigenvalue weighted by Gasteiger charge is -2.37. The lowest BCUT2D eigenvalue weighted by Crippen LogP contribution is -2.49. The highest BCUT2D eigenvalue weighted by molar-refractivity contribution is 6.31. The maximum absolute atomic E-state index is 15.0. The first-order valence-corrected chi connectivity index (χ1v) is 14.0. The van der Waals surface area contributed by atoms with Gasteiger partial charge in [-0.2, -0.15) is 0 Å². The van der Waals surface area contributed by atoms with Crippen LogP contribution in [-0.2, 0) is 15.0 Å². The fourth-order valence-electron chi connectivity index (χ4n) is 6.65. The Kier molecular flexibility index (Phi) is 7.27. The highest BCUT2D eigenvalue weighted by Gasteiger charge is 2.66. The summed E-state index contributed by atoms with van der Waals surface area (Å²) < 4.78 is 15.0. The molecule has 0 radical (unpaired) electrons. The molecule has 0 unspecified atom stereocenters. The van der Waals surface area contributed by atoms with Gasteiger partial charge in [-0.15, -0.1) is 0 Å². The Labute approximate surface area is 232 Å². The van der Waals surface area contributed by atoms with Crippen LogP contribution in [0.15, 0.2) is 36.4 Å². The number of rotatable bonds is 4. The third-order valence-electron chi connectivity index (χ3n) is 8.23. The molecule has 3 aliphatic rings. The number of nitrogens with one attached hydrogen (secondary N) is 3. The highest BCUT2D eigenvalue weighted by atomic mass is 35.5. The Morgan fingerprint density at radius 2 is 1.87 bits per heavy atom. The van der Waals surface area contributed by atoms with E-state index in [1.54, 1.807) is 18.2 Å². The molecule has 1 saturated carbocycles. The molecule has 1 saturated heterocycles. The Hall–Kier alpha value is -2.19. The van der Waals surface area contributed by atoms with Crippen molar-refractivity contribution < 1.29 is 19.1 Å². The summed E-state index contributed by atoms with van der Waals surface area (Å²) in [5.41, 5.74) is 0.189. The molecule has 2 heterocycles. The number of halogens is 3. The van der Waals surface area contributed by atoms with Crippen molar-refractivity contribution in [2.75, 3.05) is 5.32 Å². The number of carbonyl (C=O) groups is 2. The summed E-state index contributed by atoms with van der Waals surface area (Å²) in [6.45, 7) is 6.23. The van der Waals surface area contributed by atoms with Crippen LogP contribution in [0, 0.1) is 11.2 Å². The van der Waals surface area contributed by atoms with Crippen LogP contribution in [-0.4, -0.2) is 41.2 Å². The Bertz CT molecular complexity index is 1260. The minimum atomic E-state index is -1.27. The SMILES string of the molecule is CC(C)(C)C[C@@H]1N[C@@H](C(=O)N[C@H]2CC[C@@H](O)CC2)[C@H](c2cccc(Cl)c2)[C@]12C(=O)Nc1cc(Cl)c(F)cc12. The summed E-state index contributed by atoms with van der Waals surface area (Å²) >= 11 is 12.5. The van der Waals surface area contributed by atoms with Gasteiger partial charge in [0.05, 0.1) is 17.2 Å². The molecule has 2 aliphatic heterocycles. The first-order chi connectivity index (χ1) is 17.9. The molecule has 38 heavy (non-hydrogen) atoms. The van der Waals surface area contributed by atoms with E-state index in [1.165, 1.54) is 12.1 Å². The number of benzene rings is 2. The van der Waals surface area contributed by atoms with Crippen LogP contribution < -0.4 is 16.0 Å². The second-order valence-corrected chi connectivity index (χ2v) is 13.0. The van der Waals surface area contributed by atoms with Crippen molar-refractivity contribution in [1.82, 2.24) is 10.6 Å². The van der Waals surface area contributed by atoms with Crippen molar-refractivity contribution in [3.05, 3.63) is 63.4 Å². The molecule has 2 aromatic rings. The number of hydrogen-bond donors (Lipinski definition) is 4. The van der Waals surface area contributed by atoms with Gasteiger partial charge in [0.2, 0.25) is 11.8 Å². The zero-order valence-electron chi connectivity index (χ0n) is 21.8. The van der Waals surface area contributed by atoms with Crippen LogP contribution in [0.3, 0.4) is 0 Å². The molecule has 1 aliphatic carbocycles. The van der Waals surface area contributed by atoms with Gasteiger partial charge in [0.25, 0.3) is 0 Å². The van der Waals surface area contributed by atoms with E-state index in [4.69, 9.17) is 23.2 Å². The fourth-order valence-corrected chi connectivity index (χ4v) is 7.01. The monoisotopic (exact) mass is 561 g/mol. The van der Waals surface area contributed by atoms with Crippen molar-refractivity contribution in [3.8, 4) is 0 Å². The smallest absolute Gasteiger partial charge is 0.238 e. The first kappa shape index (κ1) is 27.4. The largest absolute Gasteiger partial charge is 0.393 e. The summed E-state index contributed by atoms with van der Waals surface area (Å²) in [5, 5.41) is 20.0. The summed E-state index contributed by atoms with van der Waals surface area (Å²) in [4.78, 5) is 28.1. The average molecular weight is 563 g/mol. The van der Waals surface area contributed by atoms with Crippen LogP contribution in [0.2, 0.25) is 10.0 Å². The standard InChI is InChI=1S/C29H34Cl2FN3O3/c1-28(2,3)14-23-29(19-12-21(32)20(31)13-22(19)34-27(29)38)24(15-5-4-6-16(30)11-15)25(35-23)26(37)33-17-7-9-18(36)10-8-17/h4-6,11-13,17-18,23-25,35-36H,7-10,14H2,1-3H3,(H,33,37)(H,34,38)/t17-,18+,23-,24-,25+,29+/m0/s1. The van der Waals surface area contributed by atoms with Crippen LogP contribution in [0.1, 0.15) is 69.9 Å². The lowest BCUT2D eigenvalue weighted by atomic mass is 9.62. The average Bonchev–Trinajstić information content (AvgIpc) is 3.30. The third-order valence-corrected chi connectivity index (χ3v) is 8.76. The van der Waals surface area contributed by atoms with Gasteiger partial charge in [-0.3, -0.25) is 9.59 Å². The van der Waals surface area contributed by atoms with Crippen molar-refractivity contribution in [2.24, 2.45) is 5.41 Å². The fraction of sp³-hybridized carbons (Fsp3) is 0.517. The lowest BCUT2D eigenvalue weighted by molar-refractivity contribution is -0.124. The van der Waals surface area contributed by atoms with Gasteiger partial charge in [0, 0.05) is 28.7 Å². The van der Waals surface area contributed by atoms with E-state index < -0.39 is 29.2 Å². The van der Waals surface area contributed by atoms with E-state index in [2.05, 4.69) is 36.7 Å². The molecule has 4 atom stereocenters. The minimum Gasteiger partial charge on any atom is -0.393 e. The molecule has 4 N–H and O–H groups in total. The Morgan fingerprint density at radius 1 is 1.16 bits per heavy atom. The molecule has 2 amide bonds. The van der Waals surface area contributed by atoms with E-state index in [9.17, 15) is 19.1 Å². The molecule has 5 rings (SSSR count). The van der Waals surface area contributed by atoms with Gasteiger partial charge in [-0.25, -0.2) is 4.39 Å². The first-order valence-electron chi connectivity index (χ1n) is 13.2. The maximum atomic E-state index is 15.0. The van der Waals surface area contributed by atoms with Crippen molar-refractivity contribution in [2.45, 2.75) is 88.4 Å². The molecule has 9 heteroatoms. The summed E-state index contributed by atoms with van der Waals surface area (Å²) in [6.07, 6.45) is 2.85. The summed E-state index contributed by atoms with van der Waals surface area (Å²) in [6, 6.07) is 8.67. The number of amides is 2. The van der Waals surface area contributed by atoms with Crippen LogP contribution in [0.25, 0.3) is 0 Å². The normalized spacial score (nSPS) is 30.8. The van der Waals surface area contributed by atoms with E-state index in [0.29, 0.717) is 48.4 Å². The Morgan fingerprint density at radius 3 is 2.53 bits per heavy atom. The summed E-state index contributed by atoms with van der Waals surface area (Å²) in [5.74, 6) is -1.79.